The van der Waals surface area contributed by atoms with Crippen LogP contribution in [0.5, 0.6) is 5.88 Å². The lowest BCUT2D eigenvalue weighted by Gasteiger charge is -2.28. The second-order valence-corrected chi connectivity index (χ2v) is 6.12. The zero-order valence-corrected chi connectivity index (χ0v) is 13.7. The fourth-order valence-corrected chi connectivity index (χ4v) is 2.94. The fraction of sp³-hybridized carbons (Fsp3) is 0.333. The van der Waals surface area contributed by atoms with Gasteiger partial charge in [0.1, 0.15) is 23.4 Å². The average Bonchev–Trinajstić information content (AvgIpc) is 2.52. The Kier molecular flexibility index (Phi) is 4.68. The molecule has 3 nitrogen and oxygen atoms in total. The van der Waals surface area contributed by atoms with Gasteiger partial charge in [0.2, 0.25) is 5.88 Å². The summed E-state index contributed by atoms with van der Waals surface area (Å²) in [6.07, 6.45) is -6.41. The molecule has 1 aliphatic heterocycles. The molecule has 0 saturated heterocycles. The van der Waals surface area contributed by atoms with Gasteiger partial charge < -0.3 is 4.74 Å². The van der Waals surface area contributed by atoms with Gasteiger partial charge in [-0.3, -0.25) is 4.79 Å². The van der Waals surface area contributed by atoms with Gasteiger partial charge in [0.05, 0.1) is 6.42 Å². The number of ketones is 1. The van der Waals surface area contributed by atoms with Crippen LogP contribution in [-0.4, -0.2) is 23.0 Å². The molecule has 0 spiro atoms. The van der Waals surface area contributed by atoms with Crippen LogP contribution >= 0.6 is 0 Å². The van der Waals surface area contributed by atoms with Crippen LogP contribution < -0.4 is 4.74 Å². The van der Waals surface area contributed by atoms with E-state index in [-0.39, 0.29) is 35.5 Å². The van der Waals surface area contributed by atoms with E-state index in [4.69, 9.17) is 4.74 Å². The maximum absolute atomic E-state index is 14.2. The van der Waals surface area contributed by atoms with Crippen LogP contribution in [0.1, 0.15) is 35.8 Å². The van der Waals surface area contributed by atoms with Gasteiger partial charge in [-0.25, -0.2) is 13.8 Å². The molecule has 2 aromatic rings. The summed E-state index contributed by atoms with van der Waals surface area (Å²) in [5, 5.41) is 0. The Morgan fingerprint density at radius 3 is 2.58 bits per heavy atom. The summed E-state index contributed by atoms with van der Waals surface area (Å²) in [6.45, 7) is 1.23. The number of benzene rings is 1. The normalized spacial score (nSPS) is 16.8. The van der Waals surface area contributed by atoms with Crippen LogP contribution in [0.15, 0.2) is 24.3 Å². The summed E-state index contributed by atoms with van der Waals surface area (Å²) in [4.78, 5) is 15.7. The topological polar surface area (TPSA) is 39.2 Å². The summed E-state index contributed by atoms with van der Waals surface area (Å²) in [5.41, 5.74) is 0.641. The first-order valence-corrected chi connectivity index (χ1v) is 7.88. The van der Waals surface area contributed by atoms with Crippen LogP contribution in [0.2, 0.25) is 0 Å². The number of nitrogens with zero attached hydrogens (tertiary/aromatic N) is 1. The van der Waals surface area contributed by atoms with E-state index < -0.39 is 36.1 Å². The third-order valence-corrected chi connectivity index (χ3v) is 4.12. The Balaban J connectivity index is 2.08. The number of carbonyl (C=O) groups is 1. The van der Waals surface area contributed by atoms with E-state index in [9.17, 15) is 26.7 Å². The SMILES string of the molecule is CC(=O)c1cc(-c2ccc(F)cc2F)c2c(n1)O[C@@H](CC(F)(F)F)CC2. The molecule has 1 aromatic heterocycles. The lowest BCUT2D eigenvalue weighted by atomic mass is 9.93. The minimum atomic E-state index is -4.40. The Morgan fingerprint density at radius 1 is 1.23 bits per heavy atom. The van der Waals surface area contributed by atoms with Gasteiger partial charge in [0.25, 0.3) is 0 Å². The molecule has 26 heavy (non-hydrogen) atoms. The molecule has 1 aliphatic rings. The summed E-state index contributed by atoms with van der Waals surface area (Å²) in [7, 11) is 0. The molecule has 0 amide bonds. The Bertz CT molecular complexity index is 863. The number of ether oxygens (including phenoxy) is 1. The molecule has 0 unspecified atom stereocenters. The highest BCUT2D eigenvalue weighted by atomic mass is 19.4. The predicted molar refractivity (Wildman–Crippen MR) is 83.0 cm³/mol. The number of rotatable bonds is 3. The molecule has 0 radical (unpaired) electrons. The zero-order chi connectivity index (χ0) is 19.1. The van der Waals surface area contributed by atoms with Gasteiger partial charge in [-0.1, -0.05) is 0 Å². The van der Waals surface area contributed by atoms with Crippen molar-refractivity contribution in [2.75, 3.05) is 0 Å². The van der Waals surface area contributed by atoms with Crippen LogP contribution in [0.25, 0.3) is 11.1 Å². The standard InChI is InChI=1S/C18H14F5NO2/c1-9(25)16-7-14(12-4-2-10(19)6-15(12)20)13-5-3-11(8-18(21,22)23)26-17(13)24-16/h2,4,6-7,11H,3,5,8H2,1H3/t11-/m1/s1. The van der Waals surface area contributed by atoms with Gasteiger partial charge in [-0.2, -0.15) is 13.2 Å². The lowest BCUT2D eigenvalue weighted by molar-refractivity contribution is -0.152. The molecule has 1 atom stereocenters. The summed E-state index contributed by atoms with van der Waals surface area (Å²) >= 11 is 0. The number of pyridine rings is 1. The quantitative estimate of drug-likeness (QED) is 0.571. The molecule has 0 N–H and O–H groups in total. The number of Topliss-reactive ketones (excluding diaryl/α,β-unsaturated/α-hetero) is 1. The van der Waals surface area contributed by atoms with E-state index >= 15 is 0 Å². The largest absolute Gasteiger partial charge is 0.474 e. The predicted octanol–water partition coefficient (Wildman–Crippen LogP) is 4.88. The minimum absolute atomic E-state index is 0.0328. The molecular weight excluding hydrogens is 357 g/mol. The van der Waals surface area contributed by atoms with Gasteiger partial charge in [0.15, 0.2) is 5.78 Å². The maximum atomic E-state index is 14.2. The highest BCUT2D eigenvalue weighted by molar-refractivity contribution is 5.94. The molecule has 1 aromatic carbocycles. The van der Waals surface area contributed by atoms with E-state index in [0.29, 0.717) is 11.6 Å². The first-order chi connectivity index (χ1) is 12.1. The second kappa shape index (κ2) is 6.66. The number of aromatic nitrogens is 1. The van der Waals surface area contributed by atoms with Crippen LogP contribution in [0, 0.1) is 11.6 Å². The third kappa shape index (κ3) is 3.84. The second-order valence-electron chi connectivity index (χ2n) is 6.12. The van der Waals surface area contributed by atoms with Crippen molar-refractivity contribution < 1.29 is 31.5 Å². The first kappa shape index (κ1) is 18.3. The third-order valence-electron chi connectivity index (χ3n) is 4.12. The van der Waals surface area contributed by atoms with Crippen LogP contribution in [0.4, 0.5) is 22.0 Å². The average molecular weight is 371 g/mol. The smallest absolute Gasteiger partial charge is 0.392 e. The van der Waals surface area contributed by atoms with Crippen LogP contribution in [-0.2, 0) is 6.42 Å². The molecule has 0 fully saturated rings. The van der Waals surface area contributed by atoms with E-state index in [2.05, 4.69) is 4.98 Å². The monoisotopic (exact) mass is 371 g/mol. The van der Waals surface area contributed by atoms with Crippen molar-refractivity contribution in [2.24, 2.45) is 0 Å². The molecule has 0 saturated carbocycles. The Labute approximate surface area is 145 Å². The molecule has 8 heteroatoms. The van der Waals surface area contributed by atoms with Crippen molar-refractivity contribution in [3.8, 4) is 17.0 Å². The lowest BCUT2D eigenvalue weighted by Crippen LogP contribution is -2.29. The van der Waals surface area contributed by atoms with Crippen molar-refractivity contribution in [3.63, 3.8) is 0 Å². The minimum Gasteiger partial charge on any atom is -0.474 e. The van der Waals surface area contributed by atoms with Crippen molar-refractivity contribution in [2.45, 2.75) is 38.5 Å². The van der Waals surface area contributed by atoms with Crippen LogP contribution in [0.3, 0.4) is 0 Å². The van der Waals surface area contributed by atoms with E-state index in [0.717, 1.165) is 6.07 Å². The summed E-state index contributed by atoms with van der Waals surface area (Å²) < 4.78 is 70.6. The molecular formula is C18H14F5NO2. The summed E-state index contributed by atoms with van der Waals surface area (Å²) in [5.74, 6) is -2.16. The molecule has 0 bridgehead atoms. The number of halogens is 5. The van der Waals surface area contributed by atoms with Crippen molar-refractivity contribution >= 4 is 5.78 Å². The number of alkyl halides is 3. The van der Waals surface area contributed by atoms with Crippen molar-refractivity contribution in [1.29, 1.82) is 0 Å². The molecule has 2 heterocycles. The summed E-state index contributed by atoms with van der Waals surface area (Å²) in [6, 6.07) is 4.33. The van der Waals surface area contributed by atoms with Crippen molar-refractivity contribution in [1.82, 2.24) is 4.98 Å². The Hall–Kier alpha value is -2.51. The van der Waals surface area contributed by atoms with E-state index in [1.807, 2.05) is 0 Å². The van der Waals surface area contributed by atoms with Crippen molar-refractivity contribution in [3.05, 3.63) is 47.2 Å². The number of hydrogen-bond donors (Lipinski definition) is 0. The highest BCUT2D eigenvalue weighted by Crippen LogP contribution is 2.38. The zero-order valence-electron chi connectivity index (χ0n) is 13.7. The van der Waals surface area contributed by atoms with Gasteiger partial charge in [-0.05, 0) is 36.6 Å². The number of fused-ring (bicyclic) bond motifs is 1. The number of hydrogen-bond acceptors (Lipinski definition) is 3. The van der Waals surface area contributed by atoms with Gasteiger partial charge in [0, 0.05) is 24.1 Å². The van der Waals surface area contributed by atoms with E-state index in [1.165, 1.54) is 19.1 Å². The molecule has 138 valence electrons. The number of carbonyl (C=O) groups excluding carboxylic acids is 1. The molecule has 3 rings (SSSR count). The maximum Gasteiger partial charge on any atom is 0.392 e. The van der Waals surface area contributed by atoms with E-state index in [1.54, 1.807) is 0 Å². The molecule has 0 aliphatic carbocycles. The van der Waals surface area contributed by atoms with Gasteiger partial charge in [-0.15, -0.1) is 0 Å². The van der Waals surface area contributed by atoms with Gasteiger partial charge >= 0.3 is 6.18 Å². The highest BCUT2D eigenvalue weighted by Gasteiger charge is 2.36. The fourth-order valence-electron chi connectivity index (χ4n) is 2.94. The first-order valence-electron chi connectivity index (χ1n) is 7.88. The Morgan fingerprint density at radius 2 is 1.96 bits per heavy atom.